The highest BCUT2D eigenvalue weighted by Gasteiger charge is 2.38. The summed E-state index contributed by atoms with van der Waals surface area (Å²) in [6.45, 7) is 17.6. The Hall–Kier alpha value is -1.78. The van der Waals surface area contributed by atoms with Crippen molar-refractivity contribution in [1.29, 1.82) is 0 Å². The van der Waals surface area contributed by atoms with Crippen LogP contribution in [0, 0.1) is 0 Å². The molecule has 0 saturated carbocycles. The Bertz CT molecular complexity index is 922. The largest absolute Gasteiger partial charge is 0.348 e. The molecule has 0 amide bonds. The van der Waals surface area contributed by atoms with Gasteiger partial charge in [-0.05, 0) is 47.5 Å². The minimum absolute atomic E-state index is 0.0200. The van der Waals surface area contributed by atoms with Crippen molar-refractivity contribution < 1.29 is 0 Å². The lowest BCUT2D eigenvalue weighted by Crippen LogP contribution is -2.21. The molecule has 0 N–H and O–H groups in total. The second kappa shape index (κ2) is 6.36. The molecule has 28 heavy (non-hydrogen) atoms. The van der Waals surface area contributed by atoms with Crippen LogP contribution in [0.15, 0.2) is 70.7 Å². The molecule has 0 fully saturated rings. The summed E-state index contributed by atoms with van der Waals surface area (Å²) in [5, 5.41) is 0. The van der Waals surface area contributed by atoms with E-state index >= 15 is 0 Å². The first kappa shape index (κ1) is 19.5. The molecule has 0 aromatic heterocycles. The van der Waals surface area contributed by atoms with Crippen molar-refractivity contribution in [3.63, 3.8) is 0 Å². The highest BCUT2D eigenvalue weighted by atomic mass is 33.1. The Morgan fingerprint density at radius 2 is 1.04 bits per heavy atom. The average molecular weight is 409 g/mol. The van der Waals surface area contributed by atoms with E-state index in [0.29, 0.717) is 0 Å². The Morgan fingerprint density at radius 1 is 0.679 bits per heavy atom. The summed E-state index contributed by atoms with van der Waals surface area (Å²) in [6, 6.07) is 13.5. The van der Waals surface area contributed by atoms with E-state index in [1.54, 1.807) is 0 Å². The molecule has 2 nitrogen and oxygen atoms in total. The van der Waals surface area contributed by atoms with E-state index in [2.05, 4.69) is 101 Å². The van der Waals surface area contributed by atoms with Crippen LogP contribution in [0.4, 0.5) is 11.4 Å². The highest BCUT2D eigenvalue weighted by Crippen LogP contribution is 2.51. The van der Waals surface area contributed by atoms with Crippen molar-refractivity contribution in [2.75, 3.05) is 23.9 Å². The minimum atomic E-state index is -0.0200. The van der Waals surface area contributed by atoms with Crippen LogP contribution in [0.5, 0.6) is 0 Å². The van der Waals surface area contributed by atoms with Gasteiger partial charge in [-0.15, -0.1) is 0 Å². The molecule has 2 aliphatic rings. The predicted molar refractivity (Wildman–Crippen MR) is 126 cm³/mol. The summed E-state index contributed by atoms with van der Waals surface area (Å²) in [7, 11) is 7.86. The Labute approximate surface area is 177 Å². The molecule has 0 bridgehead atoms. The number of hydrogen-bond acceptors (Lipinski definition) is 4. The summed E-state index contributed by atoms with van der Waals surface area (Å²) in [4.78, 5) is 6.98. The van der Waals surface area contributed by atoms with Crippen molar-refractivity contribution in [3.8, 4) is 0 Å². The normalized spacial score (nSPS) is 19.2. The Morgan fingerprint density at radius 3 is 1.39 bits per heavy atom. The quantitative estimate of drug-likeness (QED) is 0.506. The van der Waals surface area contributed by atoms with Gasteiger partial charge in [-0.3, -0.25) is 0 Å². The third kappa shape index (κ3) is 2.73. The second-order valence-corrected chi connectivity index (χ2v) is 11.1. The van der Waals surface area contributed by atoms with E-state index in [-0.39, 0.29) is 10.8 Å². The van der Waals surface area contributed by atoms with E-state index in [9.17, 15) is 0 Å². The SMILES string of the molecule is C=C1N(C)c2ccc(SSc3ccc4c(c3)C(C)(C)C(=C)N4C)cc2C1(C)C. The highest BCUT2D eigenvalue weighted by molar-refractivity contribution is 8.76. The van der Waals surface area contributed by atoms with Crippen LogP contribution in [0.1, 0.15) is 38.8 Å². The van der Waals surface area contributed by atoms with Gasteiger partial charge in [0.15, 0.2) is 0 Å². The number of nitrogens with zero attached hydrogens (tertiary/aromatic N) is 2. The fourth-order valence-corrected chi connectivity index (χ4v) is 6.23. The number of anilines is 2. The second-order valence-electron chi connectivity index (χ2n) is 8.79. The summed E-state index contributed by atoms with van der Waals surface area (Å²) < 4.78 is 0. The average Bonchev–Trinajstić information content (AvgIpc) is 2.95. The minimum Gasteiger partial charge on any atom is -0.348 e. The maximum Gasteiger partial charge on any atom is 0.0448 e. The first-order valence-electron chi connectivity index (χ1n) is 9.55. The summed E-state index contributed by atoms with van der Waals surface area (Å²) >= 11 is 0. The maximum absolute atomic E-state index is 4.29. The molecule has 2 aliphatic heterocycles. The zero-order chi connectivity index (χ0) is 20.4. The number of hydrogen-bond donors (Lipinski definition) is 0. The maximum atomic E-state index is 4.29. The van der Waals surface area contributed by atoms with Gasteiger partial charge in [-0.1, -0.05) is 62.4 Å². The number of fused-ring (bicyclic) bond motifs is 2. The number of likely N-dealkylation sites (N-methyl/N-ethyl adjacent to an activating group) is 2. The molecule has 4 heteroatoms. The molecule has 4 rings (SSSR count). The topological polar surface area (TPSA) is 6.48 Å². The van der Waals surface area contributed by atoms with Crippen molar-refractivity contribution >= 4 is 33.0 Å². The van der Waals surface area contributed by atoms with Gasteiger partial charge in [0.2, 0.25) is 0 Å². The lowest BCUT2D eigenvalue weighted by Gasteiger charge is -2.22. The molecule has 0 atom stereocenters. The lowest BCUT2D eigenvalue weighted by atomic mass is 9.84. The smallest absolute Gasteiger partial charge is 0.0448 e. The molecular formula is C24H28N2S2. The van der Waals surface area contributed by atoms with Crippen LogP contribution in [0.25, 0.3) is 0 Å². The molecule has 2 aromatic carbocycles. The van der Waals surface area contributed by atoms with Gasteiger partial charge in [-0.25, -0.2) is 0 Å². The van der Waals surface area contributed by atoms with E-state index in [1.807, 2.05) is 21.6 Å². The number of rotatable bonds is 3. The molecular weight excluding hydrogens is 380 g/mol. The van der Waals surface area contributed by atoms with Crippen LogP contribution in [0.2, 0.25) is 0 Å². The van der Waals surface area contributed by atoms with Crippen LogP contribution < -0.4 is 9.80 Å². The van der Waals surface area contributed by atoms with Gasteiger partial charge in [0.25, 0.3) is 0 Å². The van der Waals surface area contributed by atoms with Gasteiger partial charge in [0, 0.05) is 57.5 Å². The fourth-order valence-electron chi connectivity index (χ4n) is 4.26. The standard InChI is InChI=1S/C24H28N2S2/c1-15-23(3,4)19-13-17(9-11-21(19)25(15)7)27-28-18-10-12-22-20(14-18)24(5,6)16(2)26(22)8/h9-14H,1-2H2,3-8H3. The predicted octanol–water partition coefficient (Wildman–Crippen LogP) is 6.97. The molecule has 0 spiro atoms. The summed E-state index contributed by atoms with van der Waals surface area (Å²) in [5.74, 6) is 0. The van der Waals surface area contributed by atoms with Crippen molar-refractivity contribution in [2.24, 2.45) is 0 Å². The first-order chi connectivity index (χ1) is 13.0. The van der Waals surface area contributed by atoms with E-state index in [4.69, 9.17) is 0 Å². The van der Waals surface area contributed by atoms with Crippen molar-refractivity contribution in [2.45, 2.75) is 48.3 Å². The van der Waals surface area contributed by atoms with Gasteiger partial charge in [0.05, 0.1) is 0 Å². The van der Waals surface area contributed by atoms with E-state index in [0.717, 1.165) is 11.4 Å². The van der Waals surface area contributed by atoms with Crippen LogP contribution in [-0.2, 0) is 10.8 Å². The lowest BCUT2D eigenvalue weighted by molar-refractivity contribution is 0.641. The molecule has 0 saturated heterocycles. The van der Waals surface area contributed by atoms with Crippen LogP contribution in [0.3, 0.4) is 0 Å². The molecule has 0 unspecified atom stereocenters. The van der Waals surface area contributed by atoms with Crippen molar-refractivity contribution in [3.05, 3.63) is 72.1 Å². The number of allylic oxidation sites excluding steroid dienone is 2. The zero-order valence-electron chi connectivity index (χ0n) is 17.6. The van der Waals surface area contributed by atoms with Gasteiger partial charge < -0.3 is 9.80 Å². The summed E-state index contributed by atoms with van der Waals surface area (Å²) in [6.07, 6.45) is 0. The molecule has 146 valence electrons. The molecule has 2 heterocycles. The van der Waals surface area contributed by atoms with Crippen LogP contribution >= 0.6 is 21.6 Å². The first-order valence-corrected chi connectivity index (χ1v) is 11.7. The third-order valence-corrected chi connectivity index (χ3v) is 8.87. The third-order valence-electron chi connectivity index (χ3n) is 6.49. The van der Waals surface area contributed by atoms with Gasteiger partial charge >= 0.3 is 0 Å². The van der Waals surface area contributed by atoms with E-state index in [1.165, 1.54) is 32.3 Å². The molecule has 2 aromatic rings. The monoisotopic (exact) mass is 408 g/mol. The van der Waals surface area contributed by atoms with Crippen LogP contribution in [-0.4, -0.2) is 14.1 Å². The van der Waals surface area contributed by atoms with Crippen molar-refractivity contribution in [1.82, 2.24) is 0 Å². The van der Waals surface area contributed by atoms with Gasteiger partial charge in [0.1, 0.15) is 0 Å². The number of benzene rings is 2. The fraction of sp³-hybridized carbons (Fsp3) is 0.333. The zero-order valence-corrected chi connectivity index (χ0v) is 19.2. The molecule has 0 radical (unpaired) electrons. The summed E-state index contributed by atoms with van der Waals surface area (Å²) in [5.41, 5.74) is 7.53. The van der Waals surface area contributed by atoms with E-state index < -0.39 is 0 Å². The Balaban J connectivity index is 1.58. The molecule has 0 aliphatic carbocycles. The Kier molecular flexibility index (Phi) is 4.44. The van der Waals surface area contributed by atoms with Gasteiger partial charge in [-0.2, -0.15) is 0 Å².